The van der Waals surface area contributed by atoms with Crippen molar-refractivity contribution in [1.29, 1.82) is 0 Å². The van der Waals surface area contributed by atoms with E-state index < -0.39 is 4.92 Å². The molecule has 0 unspecified atom stereocenters. The van der Waals surface area contributed by atoms with Crippen LogP contribution in [0.25, 0.3) is 11.1 Å². The van der Waals surface area contributed by atoms with E-state index in [4.69, 9.17) is 4.74 Å². The van der Waals surface area contributed by atoms with Gasteiger partial charge in [0.2, 0.25) is 0 Å². The van der Waals surface area contributed by atoms with E-state index in [1.165, 1.54) is 30.7 Å². The minimum Gasteiger partial charge on any atom is -0.487 e. The first kappa shape index (κ1) is 12.7. The fourth-order valence-electron chi connectivity index (χ4n) is 1.65. The summed E-state index contributed by atoms with van der Waals surface area (Å²) in [7, 11) is 0. The molecule has 0 aliphatic rings. The van der Waals surface area contributed by atoms with Gasteiger partial charge in [-0.3, -0.25) is 14.9 Å². The second-order valence-electron chi connectivity index (χ2n) is 3.67. The van der Waals surface area contributed by atoms with Crippen LogP contribution in [0.2, 0.25) is 0 Å². The summed E-state index contributed by atoms with van der Waals surface area (Å²) in [6.45, 7) is 2.03. The Bertz CT molecular complexity index is 666. The molecule has 0 aliphatic carbocycles. The highest BCUT2D eigenvalue weighted by molar-refractivity contribution is 5.67. The summed E-state index contributed by atoms with van der Waals surface area (Å²) in [6.07, 6.45) is 2.68. The molecule has 0 bridgehead atoms. The number of rotatable bonds is 4. The topological polar surface area (TPSA) is 98.1 Å². The van der Waals surface area contributed by atoms with Crippen LogP contribution in [-0.2, 0) is 0 Å². The molecule has 0 saturated heterocycles. The molecule has 2 rings (SSSR count). The molecule has 7 nitrogen and oxygen atoms in total. The van der Waals surface area contributed by atoms with Gasteiger partial charge in [0.05, 0.1) is 23.4 Å². The Kier molecular flexibility index (Phi) is 3.56. The first-order valence-corrected chi connectivity index (χ1v) is 5.57. The number of nitrogens with zero attached hydrogens (tertiary/aromatic N) is 2. The van der Waals surface area contributed by atoms with Crippen LogP contribution < -0.4 is 10.3 Å². The highest BCUT2D eigenvalue weighted by atomic mass is 16.6. The number of aromatic amines is 1. The molecule has 1 heterocycles. The van der Waals surface area contributed by atoms with Gasteiger partial charge in [-0.1, -0.05) is 0 Å². The van der Waals surface area contributed by atoms with Crippen LogP contribution in [0.5, 0.6) is 5.75 Å². The van der Waals surface area contributed by atoms with Crippen LogP contribution >= 0.6 is 0 Å². The van der Waals surface area contributed by atoms with Crippen LogP contribution in [0.3, 0.4) is 0 Å². The van der Waals surface area contributed by atoms with E-state index >= 15 is 0 Å². The summed E-state index contributed by atoms with van der Waals surface area (Å²) < 4.78 is 5.23. The van der Waals surface area contributed by atoms with Crippen molar-refractivity contribution in [2.45, 2.75) is 6.92 Å². The largest absolute Gasteiger partial charge is 0.487 e. The van der Waals surface area contributed by atoms with Crippen molar-refractivity contribution in [1.82, 2.24) is 9.97 Å². The van der Waals surface area contributed by atoms with E-state index in [0.29, 0.717) is 17.7 Å². The summed E-state index contributed by atoms with van der Waals surface area (Å²) >= 11 is 0. The van der Waals surface area contributed by atoms with Gasteiger partial charge < -0.3 is 9.72 Å². The Hall–Kier alpha value is -2.70. The lowest BCUT2D eigenvalue weighted by atomic mass is 10.1. The molecule has 1 N–H and O–H groups in total. The predicted octanol–water partition coefficient (Wildman–Crippen LogP) is 1.74. The molecule has 0 saturated carbocycles. The summed E-state index contributed by atoms with van der Waals surface area (Å²) in [5, 5.41) is 10.9. The maximum atomic E-state index is 11.6. The fraction of sp³-hybridized carbons (Fsp3) is 0.167. The van der Waals surface area contributed by atoms with E-state index in [2.05, 4.69) is 9.97 Å². The molecule has 1 aromatic heterocycles. The standard InChI is InChI=1S/C12H11N3O4/c1-2-19-11-5-8(3-4-10(11)15(17)18)9-6-13-7-14-12(9)16/h3-7H,2H2,1H3,(H,13,14,16). The van der Waals surface area contributed by atoms with Crippen molar-refractivity contribution >= 4 is 5.69 Å². The minimum atomic E-state index is -0.526. The van der Waals surface area contributed by atoms with Gasteiger partial charge in [-0.25, -0.2) is 4.98 Å². The second-order valence-corrected chi connectivity index (χ2v) is 3.67. The maximum absolute atomic E-state index is 11.6. The molecule has 19 heavy (non-hydrogen) atoms. The van der Waals surface area contributed by atoms with Crippen molar-refractivity contribution < 1.29 is 9.66 Å². The lowest BCUT2D eigenvalue weighted by Gasteiger charge is -2.06. The number of ether oxygens (including phenoxy) is 1. The highest BCUT2D eigenvalue weighted by Crippen LogP contribution is 2.31. The third-order valence-electron chi connectivity index (χ3n) is 2.49. The second kappa shape index (κ2) is 5.30. The molecular formula is C12H11N3O4. The Morgan fingerprint density at radius 2 is 2.26 bits per heavy atom. The van der Waals surface area contributed by atoms with Crippen LogP contribution in [0, 0.1) is 10.1 Å². The molecule has 0 spiro atoms. The van der Waals surface area contributed by atoms with Crippen molar-refractivity contribution in [3.8, 4) is 16.9 Å². The van der Waals surface area contributed by atoms with Gasteiger partial charge in [-0.05, 0) is 24.6 Å². The predicted molar refractivity (Wildman–Crippen MR) is 68.1 cm³/mol. The quantitative estimate of drug-likeness (QED) is 0.667. The average molecular weight is 261 g/mol. The number of benzene rings is 1. The SMILES string of the molecule is CCOc1cc(-c2cnc[nH]c2=O)ccc1[N+](=O)[O-]. The molecule has 98 valence electrons. The zero-order valence-corrected chi connectivity index (χ0v) is 10.1. The van der Waals surface area contributed by atoms with Crippen molar-refractivity contribution in [2.75, 3.05) is 6.61 Å². The molecule has 0 atom stereocenters. The van der Waals surface area contributed by atoms with Crippen molar-refractivity contribution in [3.63, 3.8) is 0 Å². The van der Waals surface area contributed by atoms with Gasteiger partial charge >= 0.3 is 5.69 Å². The molecule has 0 aliphatic heterocycles. The number of hydrogen-bond acceptors (Lipinski definition) is 5. The van der Waals surface area contributed by atoms with Gasteiger partial charge in [0, 0.05) is 12.3 Å². The number of nitro groups is 1. The van der Waals surface area contributed by atoms with Gasteiger partial charge in [0.1, 0.15) is 0 Å². The minimum absolute atomic E-state index is 0.133. The van der Waals surface area contributed by atoms with Crippen LogP contribution in [-0.4, -0.2) is 21.5 Å². The third-order valence-corrected chi connectivity index (χ3v) is 2.49. The van der Waals surface area contributed by atoms with Gasteiger partial charge in [-0.15, -0.1) is 0 Å². The normalized spacial score (nSPS) is 10.2. The molecule has 2 aromatic rings. The van der Waals surface area contributed by atoms with E-state index in [1.54, 1.807) is 6.92 Å². The van der Waals surface area contributed by atoms with E-state index in [1.807, 2.05) is 0 Å². The summed E-state index contributed by atoms with van der Waals surface area (Å²) in [5.41, 5.74) is 0.402. The van der Waals surface area contributed by atoms with E-state index in [9.17, 15) is 14.9 Å². The van der Waals surface area contributed by atoms with Gasteiger partial charge in [0.25, 0.3) is 5.56 Å². The Balaban J connectivity index is 2.55. The average Bonchev–Trinajstić information content (AvgIpc) is 2.39. The van der Waals surface area contributed by atoms with Crippen LogP contribution in [0.15, 0.2) is 35.5 Å². The van der Waals surface area contributed by atoms with Crippen molar-refractivity contribution in [3.05, 3.63) is 51.2 Å². The zero-order valence-electron chi connectivity index (χ0n) is 10.1. The Morgan fingerprint density at radius 1 is 1.47 bits per heavy atom. The lowest BCUT2D eigenvalue weighted by molar-refractivity contribution is -0.385. The monoisotopic (exact) mass is 261 g/mol. The molecule has 0 amide bonds. The third kappa shape index (κ3) is 2.59. The lowest BCUT2D eigenvalue weighted by Crippen LogP contribution is -2.08. The number of nitro benzene ring substituents is 1. The molecule has 0 radical (unpaired) electrons. The van der Waals surface area contributed by atoms with Gasteiger partial charge in [0.15, 0.2) is 5.75 Å². The number of nitrogens with one attached hydrogen (secondary N) is 1. The van der Waals surface area contributed by atoms with E-state index in [0.717, 1.165) is 0 Å². The maximum Gasteiger partial charge on any atom is 0.310 e. The smallest absolute Gasteiger partial charge is 0.310 e. The zero-order chi connectivity index (χ0) is 13.8. The molecule has 0 fully saturated rings. The first-order chi connectivity index (χ1) is 9.13. The number of H-pyrrole nitrogens is 1. The summed E-state index contributed by atoms with van der Waals surface area (Å²) in [5.74, 6) is 0.133. The highest BCUT2D eigenvalue weighted by Gasteiger charge is 2.16. The Morgan fingerprint density at radius 3 is 2.89 bits per heavy atom. The first-order valence-electron chi connectivity index (χ1n) is 5.57. The Labute approximate surface area is 108 Å². The van der Waals surface area contributed by atoms with E-state index in [-0.39, 0.29) is 17.0 Å². The number of hydrogen-bond donors (Lipinski definition) is 1. The summed E-state index contributed by atoms with van der Waals surface area (Å²) in [6, 6.07) is 4.27. The van der Waals surface area contributed by atoms with Gasteiger partial charge in [-0.2, -0.15) is 0 Å². The molecule has 7 heteroatoms. The number of aromatic nitrogens is 2. The van der Waals surface area contributed by atoms with Crippen LogP contribution in [0.4, 0.5) is 5.69 Å². The summed E-state index contributed by atoms with van der Waals surface area (Å²) in [4.78, 5) is 28.2. The molecule has 1 aromatic carbocycles. The molecular weight excluding hydrogens is 250 g/mol. The van der Waals surface area contributed by atoms with Crippen LogP contribution in [0.1, 0.15) is 6.92 Å². The van der Waals surface area contributed by atoms with Crippen molar-refractivity contribution in [2.24, 2.45) is 0 Å². The fourth-order valence-corrected chi connectivity index (χ4v) is 1.65.